The van der Waals surface area contributed by atoms with Crippen LogP contribution < -0.4 is 5.32 Å². The van der Waals surface area contributed by atoms with Gasteiger partial charge >= 0.3 is 6.01 Å². The first kappa shape index (κ1) is 16.4. The number of nitrogens with one attached hydrogen (secondary N) is 1. The van der Waals surface area contributed by atoms with Crippen molar-refractivity contribution in [3.05, 3.63) is 83.8 Å². The average Bonchev–Trinajstić information content (AvgIpc) is 3.12. The standard InChI is InChI=1S/C22H17N5O/c1-14-12-15(10-11-23-14)13-19-16-6-2-3-7-17(16)21(27-26-19)25-22-24-18-8-4-5-9-20(18)28-22/h2-12H,13H2,1H3,(H,24,25,27). The van der Waals surface area contributed by atoms with Crippen molar-refractivity contribution in [2.24, 2.45) is 0 Å². The lowest BCUT2D eigenvalue weighted by Gasteiger charge is -2.09. The summed E-state index contributed by atoms with van der Waals surface area (Å²) in [7, 11) is 0. The molecule has 0 saturated heterocycles. The first-order valence-corrected chi connectivity index (χ1v) is 9.05. The van der Waals surface area contributed by atoms with Gasteiger partial charge in [-0.2, -0.15) is 10.1 Å². The molecule has 3 heterocycles. The van der Waals surface area contributed by atoms with Crippen molar-refractivity contribution in [1.29, 1.82) is 0 Å². The second-order valence-electron chi connectivity index (χ2n) is 6.63. The quantitative estimate of drug-likeness (QED) is 0.491. The van der Waals surface area contributed by atoms with Crippen molar-refractivity contribution >= 4 is 33.7 Å². The van der Waals surface area contributed by atoms with Crippen LogP contribution in [0.25, 0.3) is 21.9 Å². The Morgan fingerprint density at radius 3 is 2.61 bits per heavy atom. The van der Waals surface area contributed by atoms with Crippen molar-refractivity contribution in [2.45, 2.75) is 13.3 Å². The Labute approximate surface area is 161 Å². The molecule has 1 N–H and O–H groups in total. The summed E-state index contributed by atoms with van der Waals surface area (Å²) in [5, 5.41) is 14.1. The van der Waals surface area contributed by atoms with Gasteiger partial charge in [0.2, 0.25) is 0 Å². The van der Waals surface area contributed by atoms with E-state index in [0.29, 0.717) is 18.3 Å². The Hall–Kier alpha value is -3.80. The molecule has 0 aliphatic carbocycles. The summed E-state index contributed by atoms with van der Waals surface area (Å²) in [6.07, 6.45) is 2.52. The van der Waals surface area contributed by atoms with Gasteiger partial charge in [0.25, 0.3) is 0 Å². The molecule has 0 radical (unpaired) electrons. The molecule has 2 aromatic carbocycles. The molecule has 28 heavy (non-hydrogen) atoms. The van der Waals surface area contributed by atoms with Gasteiger partial charge < -0.3 is 4.42 Å². The Kier molecular flexibility index (Phi) is 3.94. The third-order valence-electron chi connectivity index (χ3n) is 4.62. The number of hydrogen-bond acceptors (Lipinski definition) is 6. The van der Waals surface area contributed by atoms with Crippen molar-refractivity contribution < 1.29 is 4.42 Å². The lowest BCUT2D eigenvalue weighted by molar-refractivity contribution is 0.622. The summed E-state index contributed by atoms with van der Waals surface area (Å²) in [5.74, 6) is 0.622. The summed E-state index contributed by atoms with van der Waals surface area (Å²) < 4.78 is 5.76. The molecule has 3 aromatic heterocycles. The van der Waals surface area contributed by atoms with Gasteiger partial charge in [-0.15, -0.1) is 5.10 Å². The zero-order chi connectivity index (χ0) is 18.9. The molecule has 0 aliphatic rings. The zero-order valence-corrected chi connectivity index (χ0v) is 15.3. The van der Waals surface area contributed by atoms with Crippen LogP contribution in [0.4, 0.5) is 11.8 Å². The topological polar surface area (TPSA) is 76.7 Å². The summed E-state index contributed by atoms with van der Waals surface area (Å²) in [6, 6.07) is 20.2. The molecule has 5 rings (SSSR count). The van der Waals surface area contributed by atoms with Gasteiger partial charge in [0.1, 0.15) is 5.52 Å². The fourth-order valence-corrected chi connectivity index (χ4v) is 3.32. The Morgan fingerprint density at radius 1 is 0.929 bits per heavy atom. The molecule has 0 bridgehead atoms. The molecule has 0 amide bonds. The minimum Gasteiger partial charge on any atom is -0.423 e. The molecule has 136 valence electrons. The first-order chi connectivity index (χ1) is 13.8. The van der Waals surface area contributed by atoms with Crippen LogP contribution in [0, 0.1) is 6.92 Å². The number of aromatic nitrogens is 4. The van der Waals surface area contributed by atoms with Gasteiger partial charge in [0, 0.05) is 29.1 Å². The molecule has 6 nitrogen and oxygen atoms in total. The Bertz CT molecular complexity index is 1260. The van der Waals surface area contributed by atoms with E-state index in [2.05, 4.69) is 37.6 Å². The number of benzene rings is 2. The second-order valence-corrected chi connectivity index (χ2v) is 6.63. The molecule has 0 fully saturated rings. The monoisotopic (exact) mass is 367 g/mol. The normalized spacial score (nSPS) is 11.2. The zero-order valence-electron chi connectivity index (χ0n) is 15.3. The largest absolute Gasteiger partial charge is 0.423 e. The second kappa shape index (κ2) is 6.74. The number of rotatable bonds is 4. The predicted octanol–water partition coefficient (Wildman–Crippen LogP) is 4.81. The van der Waals surface area contributed by atoms with Crippen LogP contribution in [0.1, 0.15) is 17.0 Å². The van der Waals surface area contributed by atoms with Crippen LogP contribution in [0.3, 0.4) is 0 Å². The van der Waals surface area contributed by atoms with E-state index < -0.39 is 0 Å². The SMILES string of the molecule is Cc1cc(Cc2nnc(Nc3nc4ccccc4o3)c3ccccc23)ccn1. The fourth-order valence-electron chi connectivity index (χ4n) is 3.32. The van der Waals surface area contributed by atoms with E-state index in [0.717, 1.165) is 38.8 Å². The number of hydrogen-bond donors (Lipinski definition) is 1. The third-order valence-corrected chi connectivity index (χ3v) is 4.62. The smallest absolute Gasteiger partial charge is 0.301 e. The van der Waals surface area contributed by atoms with Crippen molar-refractivity contribution in [1.82, 2.24) is 20.2 Å². The number of aryl methyl sites for hydroxylation is 1. The molecule has 0 aliphatic heterocycles. The summed E-state index contributed by atoms with van der Waals surface area (Å²) in [6.45, 7) is 1.99. The molecular formula is C22H17N5O. The minimum absolute atomic E-state index is 0.401. The number of nitrogens with zero attached hydrogens (tertiary/aromatic N) is 4. The van der Waals surface area contributed by atoms with Crippen LogP contribution in [0.5, 0.6) is 0 Å². The summed E-state index contributed by atoms with van der Waals surface area (Å²) in [5.41, 5.74) is 4.60. The number of para-hydroxylation sites is 2. The fraction of sp³-hybridized carbons (Fsp3) is 0.0909. The van der Waals surface area contributed by atoms with E-state index >= 15 is 0 Å². The highest BCUT2D eigenvalue weighted by atomic mass is 16.4. The van der Waals surface area contributed by atoms with Crippen LogP contribution in [0.2, 0.25) is 0 Å². The molecule has 0 spiro atoms. The maximum absolute atomic E-state index is 5.76. The summed E-state index contributed by atoms with van der Waals surface area (Å²) >= 11 is 0. The summed E-state index contributed by atoms with van der Waals surface area (Å²) in [4.78, 5) is 8.72. The van der Waals surface area contributed by atoms with Crippen LogP contribution in [0.15, 0.2) is 71.3 Å². The highest BCUT2D eigenvalue weighted by molar-refractivity contribution is 5.94. The van der Waals surface area contributed by atoms with Gasteiger partial charge in [0.05, 0.1) is 5.69 Å². The molecule has 0 atom stereocenters. The van der Waals surface area contributed by atoms with Crippen LogP contribution in [-0.2, 0) is 6.42 Å². The van der Waals surface area contributed by atoms with E-state index in [4.69, 9.17) is 4.42 Å². The highest BCUT2D eigenvalue weighted by Gasteiger charge is 2.12. The Balaban J connectivity index is 1.53. The maximum atomic E-state index is 5.76. The number of oxazole rings is 1. The Morgan fingerprint density at radius 2 is 1.75 bits per heavy atom. The van der Waals surface area contributed by atoms with Crippen molar-refractivity contribution in [2.75, 3.05) is 5.32 Å². The van der Waals surface area contributed by atoms with Gasteiger partial charge in [-0.1, -0.05) is 36.4 Å². The van der Waals surface area contributed by atoms with E-state index in [1.165, 1.54) is 0 Å². The van der Waals surface area contributed by atoms with E-state index in [9.17, 15) is 0 Å². The molecule has 6 heteroatoms. The van der Waals surface area contributed by atoms with Gasteiger partial charge in [-0.05, 0) is 36.8 Å². The predicted molar refractivity (Wildman–Crippen MR) is 109 cm³/mol. The van der Waals surface area contributed by atoms with Crippen molar-refractivity contribution in [3.8, 4) is 0 Å². The number of anilines is 2. The lowest BCUT2D eigenvalue weighted by Crippen LogP contribution is -2.02. The molecule has 0 unspecified atom stereocenters. The van der Waals surface area contributed by atoms with Crippen LogP contribution >= 0.6 is 0 Å². The number of pyridine rings is 1. The average molecular weight is 367 g/mol. The lowest BCUT2D eigenvalue weighted by atomic mass is 10.0. The highest BCUT2D eigenvalue weighted by Crippen LogP contribution is 2.28. The van der Waals surface area contributed by atoms with Gasteiger partial charge in [0.15, 0.2) is 11.4 Å². The van der Waals surface area contributed by atoms with E-state index in [-0.39, 0.29) is 0 Å². The molecule has 0 saturated carbocycles. The third kappa shape index (κ3) is 3.05. The van der Waals surface area contributed by atoms with Crippen LogP contribution in [-0.4, -0.2) is 20.2 Å². The van der Waals surface area contributed by atoms with E-state index in [1.54, 1.807) is 0 Å². The first-order valence-electron chi connectivity index (χ1n) is 9.05. The minimum atomic E-state index is 0.401. The van der Waals surface area contributed by atoms with Crippen molar-refractivity contribution in [3.63, 3.8) is 0 Å². The van der Waals surface area contributed by atoms with Gasteiger partial charge in [-0.3, -0.25) is 10.3 Å². The van der Waals surface area contributed by atoms with E-state index in [1.807, 2.05) is 61.7 Å². The maximum Gasteiger partial charge on any atom is 0.301 e. The van der Waals surface area contributed by atoms with Gasteiger partial charge in [-0.25, -0.2) is 0 Å². The number of fused-ring (bicyclic) bond motifs is 2. The molecular weight excluding hydrogens is 350 g/mol. The molecule has 5 aromatic rings.